The number of hydrogen-bond acceptors (Lipinski definition) is 3. The van der Waals surface area contributed by atoms with Gasteiger partial charge in [0.25, 0.3) is 0 Å². The lowest BCUT2D eigenvalue weighted by Crippen LogP contribution is -2.54. The number of rotatable bonds is 2. The molecule has 0 bridgehead atoms. The summed E-state index contributed by atoms with van der Waals surface area (Å²) in [6.07, 6.45) is 4.04. The van der Waals surface area contributed by atoms with Crippen molar-refractivity contribution in [2.24, 2.45) is 17.3 Å². The van der Waals surface area contributed by atoms with E-state index in [2.05, 4.69) is 20.4 Å². The van der Waals surface area contributed by atoms with Crippen LogP contribution < -0.4 is 0 Å². The Bertz CT molecular complexity index is 380. The van der Waals surface area contributed by atoms with Gasteiger partial charge in [-0.25, -0.2) is 0 Å². The maximum Gasteiger partial charge on any atom is 0.144 e. The monoisotopic (exact) mass is 252 g/mol. The summed E-state index contributed by atoms with van der Waals surface area (Å²) in [6.45, 7) is 8.44. The van der Waals surface area contributed by atoms with Crippen LogP contribution in [0.5, 0.6) is 0 Å². The van der Waals surface area contributed by atoms with Crippen LogP contribution >= 0.6 is 0 Å². The van der Waals surface area contributed by atoms with E-state index in [1.54, 1.807) is 0 Å². The van der Waals surface area contributed by atoms with Gasteiger partial charge in [-0.3, -0.25) is 0 Å². The van der Waals surface area contributed by atoms with Crippen molar-refractivity contribution in [1.82, 2.24) is 0 Å². The van der Waals surface area contributed by atoms with Crippen LogP contribution in [0.2, 0.25) is 0 Å². The van der Waals surface area contributed by atoms with E-state index in [4.69, 9.17) is 4.74 Å². The Labute approximate surface area is 109 Å². The topological polar surface area (TPSA) is 53.0 Å². The highest BCUT2D eigenvalue weighted by atomic mass is 16.6. The van der Waals surface area contributed by atoms with Crippen LogP contribution in [0.1, 0.15) is 39.5 Å². The summed E-state index contributed by atoms with van der Waals surface area (Å²) in [5.74, 6) is 1.16. The molecule has 1 heterocycles. The summed E-state index contributed by atoms with van der Waals surface area (Å²) in [7, 11) is 0. The van der Waals surface area contributed by atoms with Crippen molar-refractivity contribution in [3.8, 4) is 0 Å². The Morgan fingerprint density at radius 3 is 2.83 bits per heavy atom. The number of aliphatic hydroxyl groups is 2. The molecule has 102 valence electrons. The Balaban J connectivity index is 1.95. The van der Waals surface area contributed by atoms with Crippen LogP contribution in [0.4, 0.5) is 0 Å². The van der Waals surface area contributed by atoms with Gasteiger partial charge in [0.1, 0.15) is 11.7 Å². The third kappa shape index (κ3) is 1.30. The maximum atomic E-state index is 10.4. The van der Waals surface area contributed by atoms with Crippen LogP contribution in [0.3, 0.4) is 0 Å². The fourth-order valence-electron chi connectivity index (χ4n) is 4.61. The fraction of sp³-hybridized carbons (Fsp3) is 0.867. The molecule has 1 aliphatic heterocycles. The van der Waals surface area contributed by atoms with Crippen LogP contribution in [0.25, 0.3) is 0 Å². The quantitative estimate of drug-likeness (QED) is 0.583. The average Bonchev–Trinajstić information content (AvgIpc) is 3.11. The van der Waals surface area contributed by atoms with Crippen LogP contribution in [0, 0.1) is 17.3 Å². The second-order valence-electron chi connectivity index (χ2n) is 6.70. The van der Waals surface area contributed by atoms with Gasteiger partial charge in [0.15, 0.2) is 0 Å². The van der Waals surface area contributed by atoms with E-state index in [1.165, 1.54) is 19.3 Å². The highest BCUT2D eigenvalue weighted by molar-refractivity contribution is 5.34. The van der Waals surface area contributed by atoms with Gasteiger partial charge in [-0.15, -0.1) is 0 Å². The van der Waals surface area contributed by atoms with Crippen molar-refractivity contribution in [3.05, 3.63) is 12.2 Å². The third-order valence-electron chi connectivity index (χ3n) is 6.09. The minimum absolute atomic E-state index is 0.0497. The first-order chi connectivity index (χ1) is 8.47. The zero-order chi connectivity index (χ0) is 13.1. The van der Waals surface area contributed by atoms with Crippen molar-refractivity contribution in [1.29, 1.82) is 0 Å². The van der Waals surface area contributed by atoms with Crippen LogP contribution in [-0.4, -0.2) is 34.6 Å². The van der Waals surface area contributed by atoms with Gasteiger partial charge in [-0.05, 0) is 30.3 Å². The highest BCUT2D eigenvalue weighted by Gasteiger charge is 2.74. The molecular weight excluding hydrogens is 228 g/mol. The van der Waals surface area contributed by atoms with E-state index in [0.29, 0.717) is 17.4 Å². The smallest absolute Gasteiger partial charge is 0.144 e. The molecule has 1 saturated heterocycles. The molecule has 2 N–H and O–H groups in total. The Hall–Kier alpha value is -0.380. The van der Waals surface area contributed by atoms with E-state index in [1.807, 2.05) is 0 Å². The molecule has 3 rings (SSSR count). The highest BCUT2D eigenvalue weighted by Crippen LogP contribution is 2.66. The van der Waals surface area contributed by atoms with Gasteiger partial charge < -0.3 is 14.9 Å². The van der Waals surface area contributed by atoms with Gasteiger partial charge >= 0.3 is 0 Å². The second-order valence-corrected chi connectivity index (χ2v) is 6.70. The lowest BCUT2D eigenvalue weighted by molar-refractivity contribution is -0.0325. The average molecular weight is 252 g/mol. The third-order valence-corrected chi connectivity index (χ3v) is 6.09. The number of hydrogen-bond donors (Lipinski definition) is 2. The molecule has 2 aliphatic carbocycles. The molecule has 0 aromatic carbocycles. The molecule has 0 radical (unpaired) electrons. The summed E-state index contributed by atoms with van der Waals surface area (Å²) >= 11 is 0. The molecule has 0 aromatic rings. The number of epoxide rings is 1. The van der Waals surface area contributed by atoms with E-state index in [-0.39, 0.29) is 18.1 Å². The zero-order valence-corrected chi connectivity index (χ0v) is 11.4. The molecule has 0 aromatic heterocycles. The minimum Gasteiger partial charge on any atom is -0.392 e. The first kappa shape index (κ1) is 12.6. The molecule has 3 fully saturated rings. The van der Waals surface area contributed by atoms with E-state index in [0.717, 1.165) is 6.42 Å². The van der Waals surface area contributed by atoms with E-state index >= 15 is 0 Å². The lowest BCUT2D eigenvalue weighted by atomic mass is 9.53. The predicted octanol–water partition coefficient (Wildman–Crippen LogP) is 1.88. The number of aliphatic hydroxyl groups excluding tert-OH is 2. The fourth-order valence-corrected chi connectivity index (χ4v) is 4.61. The molecule has 3 nitrogen and oxygen atoms in total. The number of fused-ring (bicyclic) bond motifs is 3. The Kier molecular flexibility index (Phi) is 2.68. The first-order valence-electron chi connectivity index (χ1n) is 7.13. The maximum absolute atomic E-state index is 10.4. The van der Waals surface area contributed by atoms with Gasteiger partial charge in [-0.1, -0.05) is 33.3 Å². The molecule has 6 atom stereocenters. The Morgan fingerprint density at radius 2 is 2.17 bits per heavy atom. The van der Waals surface area contributed by atoms with Crippen LogP contribution in [0.15, 0.2) is 12.2 Å². The molecule has 0 unspecified atom stereocenters. The lowest BCUT2D eigenvalue weighted by Gasteiger charge is -2.50. The molecule has 0 spiro atoms. The van der Waals surface area contributed by atoms with Gasteiger partial charge in [0, 0.05) is 5.41 Å². The van der Waals surface area contributed by atoms with E-state index < -0.39 is 11.7 Å². The van der Waals surface area contributed by atoms with Gasteiger partial charge in [-0.2, -0.15) is 0 Å². The zero-order valence-electron chi connectivity index (χ0n) is 11.4. The van der Waals surface area contributed by atoms with Crippen molar-refractivity contribution >= 4 is 0 Å². The summed E-state index contributed by atoms with van der Waals surface area (Å²) in [5, 5.41) is 19.8. The van der Waals surface area contributed by atoms with Gasteiger partial charge in [0.05, 0.1) is 12.7 Å². The van der Waals surface area contributed by atoms with Crippen molar-refractivity contribution in [2.75, 3.05) is 6.61 Å². The standard InChI is InChI=1S/C15H24O3/c1-9-5-4-6-11-7-12(17)15(10(2)8-16)13(18-15)14(9,11)3/h9,11-13,16-17H,2,4-8H2,1,3H3/t9-,11+,12+,13+,14+,15-/m0/s1. The molecule has 0 amide bonds. The largest absolute Gasteiger partial charge is 0.392 e. The Morgan fingerprint density at radius 1 is 1.44 bits per heavy atom. The van der Waals surface area contributed by atoms with Crippen molar-refractivity contribution in [3.63, 3.8) is 0 Å². The predicted molar refractivity (Wildman–Crippen MR) is 69.1 cm³/mol. The van der Waals surface area contributed by atoms with Gasteiger partial charge in [0.2, 0.25) is 0 Å². The molecule has 2 saturated carbocycles. The normalized spacial score (nSPS) is 54.4. The summed E-state index contributed by atoms with van der Waals surface area (Å²) in [6, 6.07) is 0. The number of ether oxygens (including phenoxy) is 1. The molecule has 3 aliphatic rings. The molecule has 18 heavy (non-hydrogen) atoms. The molecule has 3 heteroatoms. The van der Waals surface area contributed by atoms with Crippen molar-refractivity contribution in [2.45, 2.75) is 57.3 Å². The summed E-state index contributed by atoms with van der Waals surface area (Å²) in [5.41, 5.74) is 0.138. The minimum atomic E-state index is -0.647. The van der Waals surface area contributed by atoms with Crippen LogP contribution in [-0.2, 0) is 4.74 Å². The second kappa shape index (κ2) is 3.81. The van der Waals surface area contributed by atoms with E-state index in [9.17, 15) is 10.2 Å². The van der Waals surface area contributed by atoms with Crippen molar-refractivity contribution < 1.29 is 14.9 Å². The molecular formula is C15H24O3. The SMILES string of the molecule is C=C(CO)[C@@]12O[C@@H]1[C@@]1(C)[C@H](CCC[C@@H]1C)C[C@H]2O. The summed E-state index contributed by atoms with van der Waals surface area (Å²) < 4.78 is 5.96. The summed E-state index contributed by atoms with van der Waals surface area (Å²) in [4.78, 5) is 0. The first-order valence-corrected chi connectivity index (χ1v) is 7.13.